The minimum Gasteiger partial charge on any atom is -0.380 e. The summed E-state index contributed by atoms with van der Waals surface area (Å²) >= 11 is 0. The molecule has 0 spiro atoms. The molecule has 2 heterocycles. The molecule has 1 aromatic rings. The third-order valence-corrected chi connectivity index (χ3v) is 4.18. The van der Waals surface area contributed by atoms with Crippen LogP contribution in [-0.2, 0) is 4.74 Å². The summed E-state index contributed by atoms with van der Waals surface area (Å²) in [6.45, 7) is 3.03. The molecule has 2 aliphatic heterocycles. The number of nitrogens with one attached hydrogen (secondary N) is 1. The summed E-state index contributed by atoms with van der Waals surface area (Å²) in [6.07, 6.45) is 2.34. The molecule has 0 radical (unpaired) electrons. The monoisotopic (exact) mass is 293 g/mol. The Morgan fingerprint density at radius 2 is 2.24 bits per heavy atom. The third kappa shape index (κ3) is 2.85. The van der Waals surface area contributed by atoms with Gasteiger partial charge in [-0.25, -0.2) is 8.78 Å². The van der Waals surface area contributed by atoms with Crippen molar-refractivity contribution in [3.8, 4) is 6.07 Å². The maximum absolute atomic E-state index is 13.8. The van der Waals surface area contributed by atoms with E-state index in [1.165, 1.54) is 25.0 Å². The average Bonchev–Trinajstić information content (AvgIpc) is 2.96. The summed E-state index contributed by atoms with van der Waals surface area (Å²) in [6, 6.07) is 4.80. The van der Waals surface area contributed by atoms with Crippen LogP contribution < -0.4 is 5.32 Å². The zero-order valence-electron chi connectivity index (χ0n) is 11.6. The van der Waals surface area contributed by atoms with E-state index in [2.05, 4.69) is 10.2 Å². The molecule has 2 fully saturated rings. The lowest BCUT2D eigenvalue weighted by molar-refractivity contribution is -0.0415. The number of nitrogens with zero attached hydrogens (tertiary/aromatic N) is 2. The molecular formula is C15H17F2N3O. The van der Waals surface area contributed by atoms with Crippen LogP contribution in [0.3, 0.4) is 0 Å². The molecule has 2 unspecified atom stereocenters. The fraction of sp³-hybridized carbons (Fsp3) is 0.533. The summed E-state index contributed by atoms with van der Waals surface area (Å²) < 4.78 is 33.1. The van der Waals surface area contributed by atoms with Crippen LogP contribution in [0.4, 0.5) is 14.5 Å². The second-order valence-corrected chi connectivity index (χ2v) is 5.53. The summed E-state index contributed by atoms with van der Waals surface area (Å²) in [5.74, 6) is -2.12. The van der Waals surface area contributed by atoms with Gasteiger partial charge in [0.1, 0.15) is 6.07 Å². The maximum Gasteiger partial charge on any atom is 0.183 e. The molecule has 1 aromatic carbocycles. The van der Waals surface area contributed by atoms with Crippen LogP contribution in [0.5, 0.6) is 0 Å². The van der Waals surface area contributed by atoms with Gasteiger partial charge in [0.15, 0.2) is 11.6 Å². The highest BCUT2D eigenvalue weighted by Crippen LogP contribution is 2.24. The molecule has 0 amide bonds. The van der Waals surface area contributed by atoms with Crippen molar-refractivity contribution in [2.75, 3.05) is 31.6 Å². The zero-order chi connectivity index (χ0) is 14.8. The van der Waals surface area contributed by atoms with E-state index in [1.807, 2.05) is 0 Å². The molecule has 0 saturated carbocycles. The Morgan fingerprint density at radius 3 is 3.05 bits per heavy atom. The lowest BCUT2D eigenvalue weighted by Crippen LogP contribution is -2.48. The van der Waals surface area contributed by atoms with Crippen molar-refractivity contribution < 1.29 is 13.5 Å². The minimum atomic E-state index is -1.10. The van der Waals surface area contributed by atoms with Crippen LogP contribution in [-0.4, -0.2) is 43.3 Å². The highest BCUT2D eigenvalue weighted by Gasteiger charge is 2.32. The first-order valence-electron chi connectivity index (χ1n) is 7.16. The van der Waals surface area contributed by atoms with Crippen molar-refractivity contribution in [1.29, 1.82) is 5.26 Å². The van der Waals surface area contributed by atoms with Crippen molar-refractivity contribution >= 4 is 5.69 Å². The van der Waals surface area contributed by atoms with Crippen molar-refractivity contribution in [3.63, 3.8) is 0 Å². The van der Waals surface area contributed by atoms with Gasteiger partial charge in [0.05, 0.1) is 24.0 Å². The van der Waals surface area contributed by atoms with Gasteiger partial charge in [0.2, 0.25) is 0 Å². The molecule has 6 heteroatoms. The topological polar surface area (TPSA) is 48.3 Å². The summed E-state index contributed by atoms with van der Waals surface area (Å²) in [7, 11) is 0. The van der Waals surface area contributed by atoms with E-state index in [4.69, 9.17) is 10.00 Å². The van der Waals surface area contributed by atoms with Gasteiger partial charge in [0.25, 0.3) is 0 Å². The van der Waals surface area contributed by atoms with Gasteiger partial charge in [0, 0.05) is 19.1 Å². The maximum atomic E-state index is 13.8. The molecule has 0 aromatic heterocycles. The Balaban J connectivity index is 1.61. The second-order valence-electron chi connectivity index (χ2n) is 5.53. The van der Waals surface area contributed by atoms with Crippen LogP contribution in [0.25, 0.3) is 0 Å². The molecule has 0 bridgehead atoms. The summed E-state index contributed by atoms with van der Waals surface area (Å²) in [5, 5.41) is 11.5. The van der Waals surface area contributed by atoms with Gasteiger partial charge in [-0.05, 0) is 31.5 Å². The predicted molar refractivity (Wildman–Crippen MR) is 73.9 cm³/mol. The molecule has 4 nitrogen and oxygen atoms in total. The predicted octanol–water partition coefficient (Wildman–Crippen LogP) is 2.11. The first-order valence-corrected chi connectivity index (χ1v) is 7.16. The number of fused-ring (bicyclic) bond motifs is 1. The number of ether oxygens (including phenoxy) is 1. The average molecular weight is 293 g/mol. The quantitative estimate of drug-likeness (QED) is 0.927. The Kier molecular flexibility index (Phi) is 4.04. The van der Waals surface area contributed by atoms with E-state index < -0.39 is 11.6 Å². The number of nitriles is 1. The molecule has 112 valence electrons. The van der Waals surface area contributed by atoms with E-state index in [-0.39, 0.29) is 17.4 Å². The highest BCUT2D eigenvalue weighted by atomic mass is 19.2. The molecule has 2 saturated heterocycles. The number of hydrogen-bond acceptors (Lipinski definition) is 4. The van der Waals surface area contributed by atoms with Gasteiger partial charge in [-0.15, -0.1) is 0 Å². The van der Waals surface area contributed by atoms with E-state index in [1.54, 1.807) is 6.07 Å². The van der Waals surface area contributed by atoms with Gasteiger partial charge in [-0.3, -0.25) is 4.90 Å². The molecule has 3 rings (SSSR count). The van der Waals surface area contributed by atoms with Gasteiger partial charge in [-0.2, -0.15) is 5.26 Å². The molecule has 1 N–H and O–H groups in total. The minimum absolute atomic E-state index is 0.0301. The van der Waals surface area contributed by atoms with Gasteiger partial charge < -0.3 is 10.1 Å². The molecule has 21 heavy (non-hydrogen) atoms. The first kappa shape index (κ1) is 14.2. The number of halogens is 2. The van der Waals surface area contributed by atoms with Crippen LogP contribution in [0, 0.1) is 23.0 Å². The SMILES string of the molecule is N#Cc1ccc(NCC2CN3CCCC3CO2)c(F)c1F. The molecule has 0 aliphatic carbocycles. The van der Waals surface area contributed by atoms with Crippen LogP contribution >= 0.6 is 0 Å². The second kappa shape index (κ2) is 5.96. The van der Waals surface area contributed by atoms with Crippen LogP contribution in [0.1, 0.15) is 18.4 Å². The largest absolute Gasteiger partial charge is 0.380 e. The van der Waals surface area contributed by atoms with Crippen molar-refractivity contribution in [2.24, 2.45) is 0 Å². The lowest BCUT2D eigenvalue weighted by Gasteiger charge is -2.35. The van der Waals surface area contributed by atoms with E-state index in [0.29, 0.717) is 19.2 Å². The van der Waals surface area contributed by atoms with Crippen molar-refractivity contribution in [2.45, 2.75) is 25.0 Å². The van der Waals surface area contributed by atoms with E-state index in [9.17, 15) is 8.78 Å². The molecule has 2 aliphatic rings. The Hall–Kier alpha value is -1.71. The molecule has 2 atom stereocenters. The molecular weight excluding hydrogens is 276 g/mol. The number of rotatable bonds is 3. The van der Waals surface area contributed by atoms with Gasteiger partial charge in [-0.1, -0.05) is 0 Å². The standard InChI is InChI=1S/C15H17F2N3O/c16-14-10(6-18)3-4-13(15(14)17)19-7-12-8-20-5-1-2-11(20)9-21-12/h3-4,11-12,19H,1-2,5,7-9H2. The number of morpholine rings is 1. The van der Waals surface area contributed by atoms with Crippen LogP contribution in [0.2, 0.25) is 0 Å². The fourth-order valence-electron chi connectivity index (χ4n) is 3.01. The summed E-state index contributed by atoms with van der Waals surface area (Å²) in [4.78, 5) is 2.39. The number of benzene rings is 1. The highest BCUT2D eigenvalue weighted by molar-refractivity contribution is 5.49. The normalized spacial score (nSPS) is 25.4. The smallest absolute Gasteiger partial charge is 0.183 e. The summed E-state index contributed by atoms with van der Waals surface area (Å²) in [5.41, 5.74) is -0.217. The Morgan fingerprint density at radius 1 is 1.38 bits per heavy atom. The first-order chi connectivity index (χ1) is 10.2. The van der Waals surface area contributed by atoms with Crippen LogP contribution in [0.15, 0.2) is 12.1 Å². The Labute approximate surface area is 122 Å². The van der Waals surface area contributed by atoms with E-state index in [0.717, 1.165) is 13.1 Å². The van der Waals surface area contributed by atoms with E-state index >= 15 is 0 Å². The number of anilines is 1. The fourth-order valence-corrected chi connectivity index (χ4v) is 3.01. The number of hydrogen-bond donors (Lipinski definition) is 1. The van der Waals surface area contributed by atoms with Crippen molar-refractivity contribution in [1.82, 2.24) is 4.90 Å². The third-order valence-electron chi connectivity index (χ3n) is 4.18. The van der Waals surface area contributed by atoms with Crippen molar-refractivity contribution in [3.05, 3.63) is 29.3 Å². The Bertz CT molecular complexity index is 573. The zero-order valence-corrected chi connectivity index (χ0v) is 11.6. The van der Waals surface area contributed by atoms with Gasteiger partial charge >= 0.3 is 0 Å². The lowest BCUT2D eigenvalue weighted by atomic mass is 10.1.